The number of amides is 1. The summed E-state index contributed by atoms with van der Waals surface area (Å²) in [5, 5.41) is 16.6. The van der Waals surface area contributed by atoms with Gasteiger partial charge in [-0.15, -0.1) is 0 Å². The van der Waals surface area contributed by atoms with Gasteiger partial charge in [-0.05, 0) is 43.7 Å². The minimum atomic E-state index is -3.46. The van der Waals surface area contributed by atoms with E-state index in [4.69, 9.17) is 0 Å². The SMILES string of the molecule is Cc1cc(=O)c(C(=O)Nc2cc(N3CCCS3(=O)=O)ccc2O)nn1-c1ccccc1F. The van der Waals surface area contributed by atoms with Gasteiger partial charge in [-0.3, -0.25) is 13.9 Å². The van der Waals surface area contributed by atoms with Gasteiger partial charge in [0.05, 0.1) is 17.1 Å². The fraction of sp³-hybridized carbons (Fsp3) is 0.190. The lowest BCUT2D eigenvalue weighted by molar-refractivity contribution is 0.101. The molecule has 2 N–H and O–H groups in total. The molecule has 0 atom stereocenters. The molecule has 1 aromatic heterocycles. The fourth-order valence-electron chi connectivity index (χ4n) is 3.46. The highest BCUT2D eigenvalue weighted by molar-refractivity contribution is 7.93. The molecular weight excluding hydrogens is 439 g/mol. The normalized spacial score (nSPS) is 15.0. The van der Waals surface area contributed by atoms with E-state index in [0.29, 0.717) is 12.1 Å². The van der Waals surface area contributed by atoms with Crippen molar-refractivity contribution in [1.82, 2.24) is 9.78 Å². The number of benzene rings is 2. The molecule has 1 fully saturated rings. The molecule has 0 unspecified atom stereocenters. The van der Waals surface area contributed by atoms with Gasteiger partial charge in [0, 0.05) is 18.3 Å². The summed E-state index contributed by atoms with van der Waals surface area (Å²) in [5.74, 6) is -1.83. The third-order valence-corrected chi connectivity index (χ3v) is 6.89. The molecule has 1 aliphatic rings. The van der Waals surface area contributed by atoms with Gasteiger partial charge in [0.15, 0.2) is 5.69 Å². The summed E-state index contributed by atoms with van der Waals surface area (Å²) >= 11 is 0. The Morgan fingerprint density at radius 2 is 1.94 bits per heavy atom. The molecule has 1 aliphatic heterocycles. The number of phenolic OH excluding ortho intramolecular Hbond substituents is 1. The molecule has 0 saturated carbocycles. The molecule has 0 aliphatic carbocycles. The Morgan fingerprint density at radius 1 is 1.19 bits per heavy atom. The molecule has 0 radical (unpaired) electrons. The summed E-state index contributed by atoms with van der Waals surface area (Å²) < 4.78 is 40.9. The third kappa shape index (κ3) is 3.94. The zero-order chi connectivity index (χ0) is 23.0. The Kier molecular flexibility index (Phi) is 5.43. The lowest BCUT2D eigenvalue weighted by Gasteiger charge is -2.18. The van der Waals surface area contributed by atoms with Crippen molar-refractivity contribution in [1.29, 1.82) is 0 Å². The number of carbonyl (C=O) groups is 1. The van der Waals surface area contributed by atoms with Gasteiger partial charge in [-0.25, -0.2) is 17.5 Å². The Hall–Kier alpha value is -3.73. The summed E-state index contributed by atoms with van der Waals surface area (Å²) in [7, 11) is -3.46. The Morgan fingerprint density at radius 3 is 2.62 bits per heavy atom. The van der Waals surface area contributed by atoms with Crippen molar-refractivity contribution in [2.45, 2.75) is 13.3 Å². The molecule has 2 aromatic carbocycles. The molecule has 1 saturated heterocycles. The number of anilines is 2. The van der Waals surface area contributed by atoms with E-state index in [1.807, 2.05) is 0 Å². The molecule has 3 aromatic rings. The van der Waals surface area contributed by atoms with Crippen LogP contribution in [0, 0.1) is 12.7 Å². The molecule has 9 nitrogen and oxygen atoms in total. The number of halogens is 1. The van der Waals surface area contributed by atoms with Crippen LogP contribution in [0.2, 0.25) is 0 Å². The maximum atomic E-state index is 14.2. The number of para-hydroxylation sites is 1. The van der Waals surface area contributed by atoms with Gasteiger partial charge in [0.1, 0.15) is 17.3 Å². The van der Waals surface area contributed by atoms with Crippen LogP contribution in [0.4, 0.5) is 15.8 Å². The summed E-state index contributed by atoms with van der Waals surface area (Å²) in [6.07, 6.45) is 0.466. The van der Waals surface area contributed by atoms with Crippen LogP contribution in [0.1, 0.15) is 22.6 Å². The van der Waals surface area contributed by atoms with Crippen molar-refractivity contribution in [3.8, 4) is 11.4 Å². The average molecular weight is 458 g/mol. The van der Waals surface area contributed by atoms with Crippen LogP contribution in [-0.2, 0) is 10.0 Å². The van der Waals surface area contributed by atoms with E-state index in [9.17, 15) is 27.5 Å². The molecule has 1 amide bonds. The molecule has 0 bridgehead atoms. The first-order valence-corrected chi connectivity index (χ1v) is 11.3. The fourth-order valence-corrected chi connectivity index (χ4v) is 5.02. The van der Waals surface area contributed by atoms with Crippen molar-refractivity contribution in [2.24, 2.45) is 0 Å². The standard InChI is InChI=1S/C21H19FN4O5S/c1-13-11-19(28)20(24-26(13)17-6-3-2-5-15(17)22)21(29)23-16-12-14(7-8-18(16)27)25-9-4-10-32(25,30)31/h2-3,5-8,11-12,27H,4,9-10H2,1H3,(H,23,29). The van der Waals surface area contributed by atoms with E-state index in [2.05, 4.69) is 10.4 Å². The highest BCUT2D eigenvalue weighted by Gasteiger charge is 2.29. The van der Waals surface area contributed by atoms with Crippen molar-refractivity contribution in [3.05, 3.63) is 76.0 Å². The third-order valence-electron chi connectivity index (χ3n) is 5.02. The highest BCUT2D eigenvalue weighted by Crippen LogP contribution is 2.32. The number of hydrogen-bond acceptors (Lipinski definition) is 6. The molecular formula is C21H19FN4O5S. The maximum absolute atomic E-state index is 14.2. The lowest BCUT2D eigenvalue weighted by atomic mass is 10.2. The van der Waals surface area contributed by atoms with Crippen molar-refractivity contribution in [2.75, 3.05) is 21.9 Å². The predicted octanol–water partition coefficient (Wildman–Crippen LogP) is 2.18. The number of nitrogens with zero attached hydrogens (tertiary/aromatic N) is 3. The summed E-state index contributed by atoms with van der Waals surface area (Å²) in [5.41, 5.74) is -0.642. The minimum absolute atomic E-state index is 0.0123. The number of rotatable bonds is 4. The first-order chi connectivity index (χ1) is 15.2. The second-order valence-electron chi connectivity index (χ2n) is 7.26. The number of aromatic nitrogens is 2. The van der Waals surface area contributed by atoms with Crippen molar-refractivity contribution in [3.63, 3.8) is 0 Å². The number of sulfonamides is 1. The van der Waals surface area contributed by atoms with Gasteiger partial charge >= 0.3 is 0 Å². The Labute approximate surface area is 182 Å². The van der Waals surface area contributed by atoms with Gasteiger partial charge in [0.2, 0.25) is 15.5 Å². The number of phenols is 1. The number of hydrogen-bond donors (Lipinski definition) is 2. The van der Waals surface area contributed by atoms with Crippen LogP contribution in [0.15, 0.2) is 53.3 Å². The summed E-state index contributed by atoms with van der Waals surface area (Å²) in [6, 6.07) is 10.9. The van der Waals surface area contributed by atoms with Crippen LogP contribution in [0.25, 0.3) is 5.69 Å². The minimum Gasteiger partial charge on any atom is -0.506 e. The second-order valence-corrected chi connectivity index (χ2v) is 9.27. The number of carbonyl (C=O) groups excluding carboxylic acids is 1. The molecule has 2 heterocycles. The zero-order valence-corrected chi connectivity index (χ0v) is 17.8. The Balaban J connectivity index is 1.69. The monoisotopic (exact) mass is 458 g/mol. The van der Waals surface area contributed by atoms with Crippen molar-refractivity contribution >= 4 is 27.3 Å². The summed E-state index contributed by atoms with van der Waals surface area (Å²) in [4.78, 5) is 25.2. The average Bonchev–Trinajstić information content (AvgIpc) is 3.09. The van der Waals surface area contributed by atoms with Crippen LogP contribution >= 0.6 is 0 Å². The van der Waals surface area contributed by atoms with E-state index in [0.717, 1.165) is 10.7 Å². The van der Waals surface area contributed by atoms with E-state index < -0.39 is 32.9 Å². The maximum Gasteiger partial charge on any atom is 0.280 e. The van der Waals surface area contributed by atoms with Crippen LogP contribution in [0.3, 0.4) is 0 Å². The van der Waals surface area contributed by atoms with Crippen LogP contribution in [-0.4, -0.2) is 41.5 Å². The number of nitrogens with one attached hydrogen (secondary N) is 1. The van der Waals surface area contributed by atoms with Crippen molar-refractivity contribution < 1.29 is 22.7 Å². The lowest BCUT2D eigenvalue weighted by Crippen LogP contribution is -2.27. The molecule has 4 rings (SSSR count). The van der Waals surface area contributed by atoms with Gasteiger partial charge in [-0.2, -0.15) is 5.10 Å². The quantitative estimate of drug-likeness (QED) is 0.578. The second kappa shape index (κ2) is 8.08. The predicted molar refractivity (Wildman–Crippen MR) is 116 cm³/mol. The van der Waals surface area contributed by atoms with Gasteiger partial charge in [0.25, 0.3) is 5.91 Å². The summed E-state index contributed by atoms with van der Waals surface area (Å²) in [6.45, 7) is 1.83. The smallest absolute Gasteiger partial charge is 0.280 e. The van der Waals surface area contributed by atoms with Gasteiger partial charge < -0.3 is 10.4 Å². The molecule has 11 heteroatoms. The van der Waals surface area contributed by atoms with E-state index in [1.54, 1.807) is 13.0 Å². The van der Waals surface area contributed by atoms with Crippen LogP contribution < -0.4 is 15.1 Å². The largest absolute Gasteiger partial charge is 0.506 e. The van der Waals surface area contributed by atoms with Crippen LogP contribution in [0.5, 0.6) is 5.75 Å². The number of aryl methyl sites for hydroxylation is 1. The Bertz CT molecular complexity index is 1390. The first-order valence-electron chi connectivity index (χ1n) is 9.68. The van der Waals surface area contributed by atoms with E-state index in [1.165, 1.54) is 40.7 Å². The molecule has 166 valence electrons. The van der Waals surface area contributed by atoms with Gasteiger partial charge in [-0.1, -0.05) is 12.1 Å². The molecule has 0 spiro atoms. The van der Waals surface area contributed by atoms with E-state index in [-0.39, 0.29) is 35.1 Å². The first kappa shape index (κ1) is 21.5. The molecule has 32 heavy (non-hydrogen) atoms. The topological polar surface area (TPSA) is 122 Å². The number of aromatic hydroxyl groups is 1. The zero-order valence-electron chi connectivity index (χ0n) is 16.9. The van der Waals surface area contributed by atoms with E-state index >= 15 is 0 Å². The highest BCUT2D eigenvalue weighted by atomic mass is 32.2.